The van der Waals surface area contributed by atoms with Gasteiger partial charge in [-0.2, -0.15) is 0 Å². The third-order valence-corrected chi connectivity index (χ3v) is 7.81. The number of hydrogen-bond acceptors (Lipinski definition) is 8. The van der Waals surface area contributed by atoms with Gasteiger partial charge >= 0.3 is 0 Å². The molecular formula is C23H26N4O4S. The molecule has 1 saturated heterocycles. The predicted molar refractivity (Wildman–Crippen MR) is 124 cm³/mol. The van der Waals surface area contributed by atoms with Crippen LogP contribution >= 0.6 is 0 Å². The molecule has 0 aliphatic carbocycles. The number of rotatable bonds is 5. The molecule has 168 valence electrons. The largest absolute Gasteiger partial charge is 0.497 e. The Morgan fingerprint density at radius 3 is 2.78 bits per heavy atom. The zero-order valence-corrected chi connectivity index (χ0v) is 18.7. The first-order valence-corrected chi connectivity index (χ1v) is 12.2. The lowest BCUT2D eigenvalue weighted by atomic mass is 9.99. The van der Waals surface area contributed by atoms with E-state index in [4.69, 9.17) is 20.2 Å². The van der Waals surface area contributed by atoms with E-state index in [0.29, 0.717) is 43.5 Å². The lowest BCUT2D eigenvalue weighted by Gasteiger charge is -2.38. The molecular weight excluding hydrogens is 428 g/mol. The number of fused-ring (bicyclic) bond motifs is 2. The maximum absolute atomic E-state index is 12.9. The Bertz CT molecular complexity index is 1270. The van der Waals surface area contributed by atoms with Crippen molar-refractivity contribution in [1.29, 1.82) is 0 Å². The minimum absolute atomic E-state index is 0.00763. The van der Waals surface area contributed by atoms with Gasteiger partial charge in [-0.3, -0.25) is 0 Å². The summed E-state index contributed by atoms with van der Waals surface area (Å²) in [6.07, 6.45) is 0. The van der Waals surface area contributed by atoms with Gasteiger partial charge in [-0.15, -0.1) is 0 Å². The molecule has 3 N–H and O–H groups in total. The van der Waals surface area contributed by atoms with E-state index in [1.807, 2.05) is 41.3 Å². The van der Waals surface area contributed by atoms with Gasteiger partial charge in [0.1, 0.15) is 11.6 Å². The number of benzene rings is 2. The topological polar surface area (TPSA) is 107 Å². The summed E-state index contributed by atoms with van der Waals surface area (Å²) in [6, 6.07) is 15.1. The molecule has 3 aromatic rings. The molecule has 0 spiro atoms. The van der Waals surface area contributed by atoms with E-state index < -0.39 is 9.84 Å². The van der Waals surface area contributed by atoms with Crippen molar-refractivity contribution < 1.29 is 17.9 Å². The first-order valence-electron chi connectivity index (χ1n) is 10.5. The Morgan fingerprint density at radius 1 is 1.22 bits per heavy atom. The number of ether oxygens (including phenoxy) is 2. The van der Waals surface area contributed by atoms with Crippen LogP contribution in [0.25, 0.3) is 10.9 Å². The van der Waals surface area contributed by atoms with Gasteiger partial charge in [0.05, 0.1) is 42.0 Å². The summed E-state index contributed by atoms with van der Waals surface area (Å²) in [7, 11) is -1.89. The number of pyridine rings is 1. The number of methoxy groups -OCH3 is 1. The summed E-state index contributed by atoms with van der Waals surface area (Å²) in [5.41, 5.74) is 8.43. The molecule has 0 atom stereocenters. The summed E-state index contributed by atoms with van der Waals surface area (Å²) in [5, 5.41) is 4.46. The second-order valence-electron chi connectivity index (χ2n) is 8.47. The Kier molecular flexibility index (Phi) is 5.19. The van der Waals surface area contributed by atoms with Gasteiger partial charge in [-0.25, -0.2) is 13.4 Å². The normalized spacial score (nSPS) is 19.0. The molecule has 2 aliphatic heterocycles. The van der Waals surface area contributed by atoms with Crippen LogP contribution in [0.3, 0.4) is 0 Å². The van der Waals surface area contributed by atoms with Gasteiger partial charge in [0, 0.05) is 36.8 Å². The van der Waals surface area contributed by atoms with Crippen molar-refractivity contribution >= 4 is 32.2 Å². The van der Waals surface area contributed by atoms with Gasteiger partial charge in [0.25, 0.3) is 0 Å². The van der Waals surface area contributed by atoms with Crippen molar-refractivity contribution in [2.24, 2.45) is 5.73 Å². The quantitative estimate of drug-likeness (QED) is 0.604. The molecule has 3 heterocycles. The van der Waals surface area contributed by atoms with Crippen LogP contribution < -0.4 is 20.7 Å². The molecule has 32 heavy (non-hydrogen) atoms. The average molecular weight is 455 g/mol. The smallest absolute Gasteiger partial charge is 0.180 e. The van der Waals surface area contributed by atoms with Crippen molar-refractivity contribution in [3.05, 3.63) is 54.1 Å². The second-order valence-corrected chi connectivity index (χ2v) is 10.5. The van der Waals surface area contributed by atoms with Gasteiger partial charge in [0.2, 0.25) is 0 Å². The number of sulfone groups is 1. The third-order valence-electron chi connectivity index (χ3n) is 6.04. The molecule has 0 radical (unpaired) electrons. The Morgan fingerprint density at radius 2 is 2.03 bits per heavy atom. The van der Waals surface area contributed by atoms with E-state index in [0.717, 1.165) is 28.0 Å². The minimum Gasteiger partial charge on any atom is -0.497 e. The fourth-order valence-corrected chi connectivity index (χ4v) is 5.62. The predicted octanol–water partition coefficient (Wildman–Crippen LogP) is 2.18. The van der Waals surface area contributed by atoms with Crippen LogP contribution in [0, 0.1) is 0 Å². The molecule has 5 rings (SSSR count). The van der Waals surface area contributed by atoms with E-state index >= 15 is 0 Å². The second kappa shape index (κ2) is 7.91. The van der Waals surface area contributed by atoms with Gasteiger partial charge in [0.15, 0.2) is 9.84 Å². The van der Waals surface area contributed by atoms with E-state index in [1.54, 1.807) is 12.1 Å². The van der Waals surface area contributed by atoms with Crippen molar-refractivity contribution in [3.63, 3.8) is 0 Å². The number of nitrogens with two attached hydrogens (primary N) is 1. The molecule has 9 heteroatoms. The van der Waals surface area contributed by atoms with Gasteiger partial charge < -0.3 is 25.4 Å². The zero-order chi connectivity index (χ0) is 22.3. The zero-order valence-electron chi connectivity index (χ0n) is 17.9. The van der Waals surface area contributed by atoms with Crippen LogP contribution in [0.15, 0.2) is 53.4 Å². The lowest BCUT2D eigenvalue weighted by molar-refractivity contribution is -0.0461. The van der Waals surface area contributed by atoms with E-state index in [-0.39, 0.29) is 11.3 Å². The molecule has 1 aromatic heterocycles. The molecule has 8 nitrogen and oxygen atoms in total. The first-order chi connectivity index (χ1) is 15.4. The van der Waals surface area contributed by atoms with E-state index in [1.165, 1.54) is 7.11 Å². The maximum atomic E-state index is 12.9. The lowest BCUT2D eigenvalue weighted by Crippen LogP contribution is -2.61. The van der Waals surface area contributed by atoms with Crippen molar-refractivity contribution in [1.82, 2.24) is 4.98 Å². The number of para-hydroxylation sites is 1. The summed E-state index contributed by atoms with van der Waals surface area (Å²) in [5.74, 6) is 1.26. The monoisotopic (exact) mass is 454 g/mol. The number of aromatic nitrogens is 1. The molecule has 2 aliphatic rings. The number of hydrogen-bond donors (Lipinski definition) is 2. The highest BCUT2D eigenvalue weighted by Crippen LogP contribution is 2.32. The van der Waals surface area contributed by atoms with Crippen molar-refractivity contribution in [2.45, 2.75) is 17.0 Å². The first kappa shape index (κ1) is 21.0. The Balaban J connectivity index is 1.52. The fourth-order valence-electron chi connectivity index (χ4n) is 4.11. The molecule has 0 saturated carbocycles. The van der Waals surface area contributed by atoms with Crippen molar-refractivity contribution in [3.8, 4) is 5.75 Å². The third kappa shape index (κ3) is 3.87. The van der Waals surface area contributed by atoms with Crippen LogP contribution in [0.1, 0.15) is 5.56 Å². The summed E-state index contributed by atoms with van der Waals surface area (Å²) < 4.78 is 36.4. The highest BCUT2D eigenvalue weighted by atomic mass is 32.2. The average Bonchev–Trinajstić information content (AvgIpc) is 2.91. The molecule has 1 fully saturated rings. The van der Waals surface area contributed by atoms with E-state index in [9.17, 15) is 8.42 Å². The molecule has 0 amide bonds. The van der Waals surface area contributed by atoms with Crippen molar-refractivity contribution in [2.75, 3.05) is 49.4 Å². The standard InChI is InChI=1S/C23H26N4O4S/c1-30-17-7-6-16-12-27(8-9-32(28,29)21(16)10-17)22-11-20(25-13-23(24)14-31-15-23)18-4-2-3-5-19(18)26-22/h2-7,10-11H,8-9,12-15,24H2,1H3,(H,25,26). The van der Waals surface area contributed by atoms with Crippen LogP contribution in [-0.2, 0) is 21.1 Å². The van der Waals surface area contributed by atoms with Crippen LogP contribution in [0.2, 0.25) is 0 Å². The van der Waals surface area contributed by atoms with E-state index in [2.05, 4.69) is 5.32 Å². The number of nitrogens with one attached hydrogen (secondary N) is 1. The minimum atomic E-state index is -3.43. The van der Waals surface area contributed by atoms with Gasteiger partial charge in [-0.05, 0) is 23.8 Å². The van der Waals surface area contributed by atoms with Gasteiger partial charge in [-0.1, -0.05) is 24.3 Å². The highest BCUT2D eigenvalue weighted by Gasteiger charge is 2.34. The fraction of sp³-hybridized carbons (Fsp3) is 0.348. The summed E-state index contributed by atoms with van der Waals surface area (Å²) in [4.78, 5) is 7.18. The van der Waals surface area contributed by atoms with Crippen LogP contribution in [0.4, 0.5) is 11.5 Å². The molecule has 0 bridgehead atoms. The number of nitrogens with zero attached hydrogens (tertiary/aromatic N) is 2. The Hall–Kier alpha value is -2.88. The summed E-state index contributed by atoms with van der Waals surface area (Å²) >= 11 is 0. The molecule has 2 aromatic carbocycles. The SMILES string of the molecule is COc1ccc2c(c1)S(=O)(=O)CCN(c1cc(NCC3(N)COC3)c3ccccc3n1)C2. The highest BCUT2D eigenvalue weighted by molar-refractivity contribution is 7.91. The number of anilines is 2. The van der Waals surface area contributed by atoms with Crippen LogP contribution in [-0.4, -0.2) is 58.1 Å². The Labute approximate surface area is 187 Å². The summed E-state index contributed by atoms with van der Waals surface area (Å²) in [6.45, 7) is 2.43. The maximum Gasteiger partial charge on any atom is 0.180 e. The molecule has 0 unspecified atom stereocenters. The van der Waals surface area contributed by atoms with Crippen LogP contribution in [0.5, 0.6) is 5.75 Å².